The molecular formula is C16H19N3O5. The van der Waals surface area contributed by atoms with Crippen LogP contribution in [0, 0.1) is 11.8 Å². The number of ether oxygens (including phenoxy) is 1. The highest BCUT2D eigenvalue weighted by Crippen LogP contribution is 2.31. The molecule has 1 fully saturated rings. The Morgan fingerprint density at radius 1 is 1.38 bits per heavy atom. The SMILES string of the molecule is CC1CC(C(=O)O)CN(C(=O)Nc2ccc3c(c2)OCC(=O)N3)C1. The number of rotatable bonds is 2. The fourth-order valence-corrected chi connectivity index (χ4v) is 3.05. The molecule has 2 aliphatic rings. The van der Waals surface area contributed by atoms with E-state index in [1.54, 1.807) is 18.2 Å². The van der Waals surface area contributed by atoms with E-state index in [-0.39, 0.29) is 31.0 Å². The fourth-order valence-electron chi connectivity index (χ4n) is 3.05. The zero-order valence-corrected chi connectivity index (χ0v) is 13.2. The van der Waals surface area contributed by atoms with Crippen LogP contribution in [0.5, 0.6) is 5.75 Å². The number of piperidine rings is 1. The third kappa shape index (κ3) is 3.42. The molecule has 0 aromatic heterocycles. The quantitative estimate of drug-likeness (QED) is 0.762. The van der Waals surface area contributed by atoms with E-state index in [2.05, 4.69) is 10.6 Å². The number of aliphatic carboxylic acids is 1. The molecule has 0 radical (unpaired) electrons. The Labute approximate surface area is 138 Å². The molecule has 3 amide bonds. The topological polar surface area (TPSA) is 108 Å². The predicted octanol–water partition coefficient (Wildman–Crippen LogP) is 1.59. The number of carboxylic acid groups (broad SMARTS) is 1. The maximum Gasteiger partial charge on any atom is 0.321 e. The molecule has 128 valence electrons. The van der Waals surface area contributed by atoms with E-state index >= 15 is 0 Å². The van der Waals surface area contributed by atoms with Crippen LogP contribution in [0.25, 0.3) is 0 Å². The van der Waals surface area contributed by atoms with Gasteiger partial charge >= 0.3 is 12.0 Å². The molecule has 1 saturated heterocycles. The molecule has 2 heterocycles. The van der Waals surface area contributed by atoms with Gasteiger partial charge in [0.05, 0.1) is 11.6 Å². The predicted molar refractivity (Wildman–Crippen MR) is 86.1 cm³/mol. The first-order chi connectivity index (χ1) is 11.4. The minimum Gasteiger partial charge on any atom is -0.482 e. The number of likely N-dealkylation sites (tertiary alicyclic amines) is 1. The third-order valence-electron chi connectivity index (χ3n) is 4.16. The van der Waals surface area contributed by atoms with Gasteiger partial charge in [0.25, 0.3) is 5.91 Å². The van der Waals surface area contributed by atoms with Gasteiger partial charge in [0.15, 0.2) is 6.61 Å². The maximum atomic E-state index is 12.4. The molecule has 1 aromatic carbocycles. The monoisotopic (exact) mass is 333 g/mol. The summed E-state index contributed by atoms with van der Waals surface area (Å²) in [4.78, 5) is 36.4. The summed E-state index contributed by atoms with van der Waals surface area (Å²) in [5, 5.41) is 14.6. The minimum atomic E-state index is -0.878. The van der Waals surface area contributed by atoms with Crippen molar-refractivity contribution in [3.63, 3.8) is 0 Å². The molecule has 2 aliphatic heterocycles. The first-order valence-corrected chi connectivity index (χ1v) is 7.78. The van der Waals surface area contributed by atoms with E-state index in [1.807, 2.05) is 6.92 Å². The summed E-state index contributed by atoms with van der Waals surface area (Å²) in [6, 6.07) is 4.61. The van der Waals surface area contributed by atoms with E-state index in [9.17, 15) is 19.5 Å². The van der Waals surface area contributed by atoms with Gasteiger partial charge in [0.1, 0.15) is 5.75 Å². The van der Waals surface area contributed by atoms with Crippen molar-refractivity contribution < 1.29 is 24.2 Å². The van der Waals surface area contributed by atoms with E-state index in [4.69, 9.17) is 4.74 Å². The first-order valence-electron chi connectivity index (χ1n) is 7.78. The Hall–Kier alpha value is -2.77. The van der Waals surface area contributed by atoms with Crippen LogP contribution in [-0.2, 0) is 9.59 Å². The number of nitrogens with zero attached hydrogens (tertiary/aromatic N) is 1. The Morgan fingerprint density at radius 3 is 2.92 bits per heavy atom. The van der Waals surface area contributed by atoms with E-state index in [1.165, 1.54) is 4.90 Å². The average molecular weight is 333 g/mol. The van der Waals surface area contributed by atoms with Crippen molar-refractivity contribution in [1.29, 1.82) is 0 Å². The van der Waals surface area contributed by atoms with Crippen molar-refractivity contribution in [2.24, 2.45) is 11.8 Å². The van der Waals surface area contributed by atoms with Crippen LogP contribution >= 0.6 is 0 Å². The normalized spacial score (nSPS) is 22.9. The van der Waals surface area contributed by atoms with Crippen LogP contribution in [0.15, 0.2) is 18.2 Å². The van der Waals surface area contributed by atoms with Gasteiger partial charge in [-0.1, -0.05) is 6.92 Å². The summed E-state index contributed by atoms with van der Waals surface area (Å²) >= 11 is 0. The summed E-state index contributed by atoms with van der Waals surface area (Å²) in [5.41, 5.74) is 1.08. The number of urea groups is 1. The molecule has 24 heavy (non-hydrogen) atoms. The van der Waals surface area contributed by atoms with Crippen LogP contribution in [-0.4, -0.2) is 47.6 Å². The van der Waals surface area contributed by atoms with Crippen molar-refractivity contribution in [1.82, 2.24) is 4.90 Å². The number of hydrogen-bond acceptors (Lipinski definition) is 4. The van der Waals surface area contributed by atoms with Crippen LogP contribution in [0.4, 0.5) is 16.2 Å². The molecule has 8 nitrogen and oxygen atoms in total. The van der Waals surface area contributed by atoms with Gasteiger partial charge in [-0.3, -0.25) is 9.59 Å². The zero-order chi connectivity index (χ0) is 17.3. The second-order valence-corrected chi connectivity index (χ2v) is 6.26. The zero-order valence-electron chi connectivity index (χ0n) is 13.2. The van der Waals surface area contributed by atoms with E-state index in [0.29, 0.717) is 30.1 Å². The number of carbonyl (C=O) groups is 3. The third-order valence-corrected chi connectivity index (χ3v) is 4.16. The number of nitrogens with one attached hydrogen (secondary N) is 2. The highest BCUT2D eigenvalue weighted by Gasteiger charge is 2.32. The van der Waals surface area contributed by atoms with Crippen molar-refractivity contribution in [3.8, 4) is 5.75 Å². The van der Waals surface area contributed by atoms with E-state index in [0.717, 1.165) is 0 Å². The van der Waals surface area contributed by atoms with Crippen LogP contribution in [0.2, 0.25) is 0 Å². The summed E-state index contributed by atoms with van der Waals surface area (Å²) in [6.07, 6.45) is 0.575. The summed E-state index contributed by atoms with van der Waals surface area (Å²) in [5.74, 6) is -1.02. The molecule has 1 aromatic rings. The lowest BCUT2D eigenvalue weighted by atomic mass is 9.91. The Morgan fingerprint density at radius 2 is 2.17 bits per heavy atom. The Bertz CT molecular complexity index is 690. The number of carbonyl (C=O) groups excluding carboxylic acids is 2. The maximum absolute atomic E-state index is 12.4. The van der Waals surface area contributed by atoms with Crippen molar-refractivity contribution >= 4 is 29.3 Å². The van der Waals surface area contributed by atoms with Gasteiger partial charge in [0.2, 0.25) is 0 Å². The summed E-state index contributed by atoms with van der Waals surface area (Å²) < 4.78 is 5.31. The van der Waals surface area contributed by atoms with Crippen molar-refractivity contribution in [2.45, 2.75) is 13.3 Å². The second kappa shape index (κ2) is 6.38. The molecular weight excluding hydrogens is 314 g/mol. The Balaban J connectivity index is 1.68. The summed E-state index contributed by atoms with van der Waals surface area (Å²) in [6.45, 7) is 2.59. The van der Waals surface area contributed by atoms with Crippen LogP contribution < -0.4 is 15.4 Å². The van der Waals surface area contributed by atoms with Gasteiger partial charge < -0.3 is 25.4 Å². The molecule has 3 N–H and O–H groups in total. The number of carboxylic acids is 1. The Kier molecular flexibility index (Phi) is 4.28. The lowest BCUT2D eigenvalue weighted by molar-refractivity contribution is -0.143. The number of benzene rings is 1. The lowest BCUT2D eigenvalue weighted by Crippen LogP contribution is -2.47. The van der Waals surface area contributed by atoms with Crippen molar-refractivity contribution in [2.75, 3.05) is 30.3 Å². The molecule has 0 saturated carbocycles. The summed E-state index contributed by atoms with van der Waals surface area (Å²) in [7, 11) is 0. The largest absolute Gasteiger partial charge is 0.482 e. The lowest BCUT2D eigenvalue weighted by Gasteiger charge is -2.34. The number of hydrogen-bond donors (Lipinski definition) is 3. The molecule has 3 rings (SSSR count). The van der Waals surface area contributed by atoms with Crippen LogP contribution in [0.3, 0.4) is 0 Å². The highest BCUT2D eigenvalue weighted by molar-refractivity contribution is 5.96. The fraction of sp³-hybridized carbons (Fsp3) is 0.438. The number of amides is 3. The molecule has 8 heteroatoms. The average Bonchev–Trinajstić information content (AvgIpc) is 2.54. The van der Waals surface area contributed by atoms with Gasteiger partial charge in [-0.25, -0.2) is 4.79 Å². The number of anilines is 2. The van der Waals surface area contributed by atoms with Gasteiger partial charge in [-0.15, -0.1) is 0 Å². The van der Waals surface area contributed by atoms with Gasteiger partial charge in [0, 0.05) is 24.8 Å². The smallest absolute Gasteiger partial charge is 0.321 e. The molecule has 0 spiro atoms. The highest BCUT2D eigenvalue weighted by atomic mass is 16.5. The standard InChI is InChI=1S/C16H19N3O5/c1-9-4-10(15(21)22)7-19(6-9)16(23)17-11-2-3-12-13(5-11)24-8-14(20)18-12/h2-3,5,9-10H,4,6-8H2,1H3,(H,17,23)(H,18,20)(H,21,22). The molecule has 0 bridgehead atoms. The number of fused-ring (bicyclic) bond motifs is 1. The molecule has 2 unspecified atom stereocenters. The van der Waals surface area contributed by atoms with Crippen molar-refractivity contribution in [3.05, 3.63) is 18.2 Å². The minimum absolute atomic E-state index is 0.0612. The van der Waals surface area contributed by atoms with Gasteiger partial charge in [-0.05, 0) is 24.5 Å². The second-order valence-electron chi connectivity index (χ2n) is 6.26. The molecule has 0 aliphatic carbocycles. The van der Waals surface area contributed by atoms with E-state index < -0.39 is 11.9 Å². The van der Waals surface area contributed by atoms with Crippen LogP contribution in [0.1, 0.15) is 13.3 Å². The molecule has 2 atom stereocenters. The first kappa shape index (κ1) is 16.1. The van der Waals surface area contributed by atoms with Gasteiger partial charge in [-0.2, -0.15) is 0 Å².